The lowest BCUT2D eigenvalue weighted by atomic mass is 9.82. The molecule has 0 amide bonds. The second-order valence-electron chi connectivity index (χ2n) is 6.85. The van der Waals surface area contributed by atoms with Gasteiger partial charge < -0.3 is 15.2 Å². The lowest BCUT2D eigenvalue weighted by Gasteiger charge is -2.41. The summed E-state index contributed by atoms with van der Waals surface area (Å²) < 4.78 is 11.3. The van der Waals surface area contributed by atoms with Gasteiger partial charge in [0.15, 0.2) is 11.5 Å². The molecule has 0 radical (unpaired) electrons. The first kappa shape index (κ1) is 14.7. The number of benzene rings is 1. The zero-order valence-electron chi connectivity index (χ0n) is 13.1. The van der Waals surface area contributed by atoms with Crippen molar-refractivity contribution in [2.24, 2.45) is 11.1 Å². The van der Waals surface area contributed by atoms with E-state index >= 15 is 0 Å². The number of ether oxygens (including phenoxy) is 2. The Morgan fingerprint density at radius 2 is 1.81 bits per heavy atom. The summed E-state index contributed by atoms with van der Waals surface area (Å²) in [5, 5.41) is 0. The molecule has 1 saturated heterocycles. The van der Waals surface area contributed by atoms with E-state index in [2.05, 4.69) is 30.9 Å². The molecular weight excluding hydrogens is 264 g/mol. The molecule has 3 rings (SSSR count). The minimum absolute atomic E-state index is 0.275. The van der Waals surface area contributed by atoms with Crippen molar-refractivity contribution < 1.29 is 9.47 Å². The summed E-state index contributed by atoms with van der Waals surface area (Å²) >= 11 is 0. The molecule has 0 aliphatic carbocycles. The van der Waals surface area contributed by atoms with Gasteiger partial charge in [-0.1, -0.05) is 19.9 Å². The number of rotatable bonds is 3. The Hall–Kier alpha value is -1.26. The predicted molar refractivity (Wildman–Crippen MR) is 83.8 cm³/mol. The molecule has 1 fully saturated rings. The summed E-state index contributed by atoms with van der Waals surface area (Å²) in [4.78, 5) is 2.51. The monoisotopic (exact) mass is 290 g/mol. The number of likely N-dealkylation sites (tertiary alicyclic amines) is 1. The third-order valence-electron chi connectivity index (χ3n) is 4.77. The van der Waals surface area contributed by atoms with Gasteiger partial charge in [-0.2, -0.15) is 0 Å². The predicted octanol–water partition coefficient (Wildman–Crippen LogP) is 2.58. The van der Waals surface area contributed by atoms with Crippen molar-refractivity contribution in [2.45, 2.75) is 32.7 Å². The van der Waals surface area contributed by atoms with Crippen LogP contribution in [0.3, 0.4) is 0 Å². The molecule has 1 unspecified atom stereocenters. The highest BCUT2D eigenvalue weighted by Crippen LogP contribution is 2.37. The van der Waals surface area contributed by atoms with E-state index in [0.29, 0.717) is 25.2 Å². The first-order valence-corrected chi connectivity index (χ1v) is 7.93. The van der Waals surface area contributed by atoms with Crippen LogP contribution < -0.4 is 15.2 Å². The van der Waals surface area contributed by atoms with Crippen LogP contribution in [0.4, 0.5) is 0 Å². The third-order valence-corrected chi connectivity index (χ3v) is 4.77. The van der Waals surface area contributed by atoms with Crippen LogP contribution in [0.1, 0.15) is 38.3 Å². The van der Waals surface area contributed by atoms with Crippen molar-refractivity contribution in [1.82, 2.24) is 4.90 Å². The Morgan fingerprint density at radius 1 is 1.14 bits per heavy atom. The van der Waals surface area contributed by atoms with Crippen LogP contribution in [0.5, 0.6) is 11.5 Å². The highest BCUT2D eigenvalue weighted by atomic mass is 16.6. The van der Waals surface area contributed by atoms with Gasteiger partial charge in [0, 0.05) is 12.6 Å². The van der Waals surface area contributed by atoms with Gasteiger partial charge in [-0.3, -0.25) is 4.90 Å². The molecule has 2 aliphatic heterocycles. The Balaban J connectivity index is 1.77. The normalized spacial score (nSPS) is 22.8. The van der Waals surface area contributed by atoms with Crippen LogP contribution in [-0.4, -0.2) is 37.7 Å². The first-order valence-electron chi connectivity index (χ1n) is 7.93. The lowest BCUT2D eigenvalue weighted by Crippen LogP contribution is -2.42. The number of piperidine rings is 1. The van der Waals surface area contributed by atoms with Gasteiger partial charge in [0.05, 0.1) is 0 Å². The molecule has 116 valence electrons. The molecule has 1 aromatic carbocycles. The fourth-order valence-electron chi connectivity index (χ4n) is 3.20. The van der Waals surface area contributed by atoms with E-state index in [1.54, 1.807) is 0 Å². The minimum Gasteiger partial charge on any atom is -0.486 e. The van der Waals surface area contributed by atoms with Crippen LogP contribution in [0.15, 0.2) is 18.2 Å². The zero-order valence-corrected chi connectivity index (χ0v) is 13.1. The van der Waals surface area contributed by atoms with Crippen LogP contribution in [0.2, 0.25) is 0 Å². The fraction of sp³-hybridized carbons (Fsp3) is 0.647. The Kier molecular flexibility index (Phi) is 4.09. The van der Waals surface area contributed by atoms with Gasteiger partial charge in [0.25, 0.3) is 0 Å². The summed E-state index contributed by atoms with van der Waals surface area (Å²) in [6.07, 6.45) is 2.46. The Morgan fingerprint density at radius 3 is 2.48 bits per heavy atom. The number of hydrogen-bond donors (Lipinski definition) is 1. The maximum atomic E-state index is 6.07. The minimum atomic E-state index is 0.275. The smallest absolute Gasteiger partial charge is 0.161 e. The maximum absolute atomic E-state index is 6.07. The van der Waals surface area contributed by atoms with E-state index in [1.807, 2.05) is 6.07 Å². The first-order chi connectivity index (χ1) is 10.1. The fourth-order valence-corrected chi connectivity index (χ4v) is 3.20. The van der Waals surface area contributed by atoms with E-state index < -0.39 is 0 Å². The van der Waals surface area contributed by atoms with Gasteiger partial charge in [0.1, 0.15) is 13.2 Å². The summed E-state index contributed by atoms with van der Waals surface area (Å²) in [5.41, 5.74) is 7.76. The van der Waals surface area contributed by atoms with Crippen molar-refractivity contribution >= 4 is 0 Å². The molecule has 1 aromatic rings. The molecule has 0 bridgehead atoms. The van der Waals surface area contributed by atoms with Gasteiger partial charge in [0.2, 0.25) is 0 Å². The van der Waals surface area contributed by atoms with E-state index in [0.717, 1.165) is 24.6 Å². The Labute approximate surface area is 127 Å². The molecule has 1 atom stereocenters. The van der Waals surface area contributed by atoms with Gasteiger partial charge in [-0.25, -0.2) is 0 Å². The highest BCUT2D eigenvalue weighted by molar-refractivity contribution is 5.44. The molecule has 4 nitrogen and oxygen atoms in total. The van der Waals surface area contributed by atoms with Crippen molar-refractivity contribution in [2.75, 3.05) is 32.8 Å². The molecular formula is C17H26N2O2. The maximum Gasteiger partial charge on any atom is 0.161 e. The molecule has 2 heterocycles. The summed E-state index contributed by atoms with van der Waals surface area (Å²) in [7, 11) is 0. The average Bonchev–Trinajstić information content (AvgIpc) is 2.49. The largest absolute Gasteiger partial charge is 0.486 e. The molecule has 21 heavy (non-hydrogen) atoms. The van der Waals surface area contributed by atoms with Crippen molar-refractivity contribution in [1.29, 1.82) is 0 Å². The summed E-state index contributed by atoms with van der Waals surface area (Å²) in [6, 6.07) is 6.52. The third kappa shape index (κ3) is 3.16. The molecule has 4 heteroatoms. The molecule has 2 N–H and O–H groups in total. The number of nitrogens with two attached hydrogens (primary N) is 1. The standard InChI is InChI=1S/C17H26N2O2/c1-17(2)5-7-19(8-6-17)14(12-18)13-3-4-15-16(11-13)21-10-9-20-15/h3-4,11,14H,5-10,12,18H2,1-2H3. The molecule has 0 saturated carbocycles. The summed E-state index contributed by atoms with van der Waals surface area (Å²) in [5.74, 6) is 1.70. The second kappa shape index (κ2) is 5.85. The number of nitrogens with zero attached hydrogens (tertiary/aromatic N) is 1. The molecule has 2 aliphatic rings. The van der Waals surface area contributed by atoms with Crippen LogP contribution >= 0.6 is 0 Å². The van der Waals surface area contributed by atoms with Crippen molar-refractivity contribution in [3.05, 3.63) is 23.8 Å². The summed E-state index contributed by atoms with van der Waals surface area (Å²) in [6.45, 7) is 8.83. The van der Waals surface area contributed by atoms with Gasteiger partial charge in [-0.05, 0) is 49.0 Å². The van der Waals surface area contributed by atoms with Gasteiger partial charge in [-0.15, -0.1) is 0 Å². The van der Waals surface area contributed by atoms with Crippen molar-refractivity contribution in [3.63, 3.8) is 0 Å². The molecule has 0 spiro atoms. The van der Waals surface area contributed by atoms with Gasteiger partial charge >= 0.3 is 0 Å². The SMILES string of the molecule is CC1(C)CCN(C(CN)c2ccc3c(c2)OCCO3)CC1. The van der Waals surface area contributed by atoms with E-state index in [-0.39, 0.29) is 6.04 Å². The van der Waals surface area contributed by atoms with E-state index in [4.69, 9.17) is 15.2 Å². The Bertz CT molecular complexity index is 492. The number of hydrogen-bond acceptors (Lipinski definition) is 4. The van der Waals surface area contributed by atoms with Crippen LogP contribution in [-0.2, 0) is 0 Å². The number of fused-ring (bicyclic) bond motifs is 1. The quantitative estimate of drug-likeness (QED) is 0.929. The van der Waals surface area contributed by atoms with E-state index in [9.17, 15) is 0 Å². The average molecular weight is 290 g/mol. The van der Waals surface area contributed by atoms with Crippen molar-refractivity contribution in [3.8, 4) is 11.5 Å². The second-order valence-corrected chi connectivity index (χ2v) is 6.85. The van der Waals surface area contributed by atoms with Crippen LogP contribution in [0.25, 0.3) is 0 Å². The van der Waals surface area contributed by atoms with Crippen LogP contribution in [0, 0.1) is 5.41 Å². The topological polar surface area (TPSA) is 47.7 Å². The molecule has 0 aromatic heterocycles. The highest BCUT2D eigenvalue weighted by Gasteiger charge is 2.30. The zero-order chi connectivity index (χ0) is 14.9. The lowest BCUT2D eigenvalue weighted by molar-refractivity contribution is 0.0960. The van der Waals surface area contributed by atoms with E-state index in [1.165, 1.54) is 18.4 Å².